The molecule has 1 rings (SSSR count). The van der Waals surface area contributed by atoms with E-state index in [9.17, 15) is 4.79 Å². The summed E-state index contributed by atoms with van der Waals surface area (Å²) in [4.78, 5) is 13.2. The van der Waals surface area contributed by atoms with Crippen molar-refractivity contribution in [3.05, 3.63) is 29.8 Å². The van der Waals surface area contributed by atoms with Gasteiger partial charge in [-0.1, -0.05) is 12.1 Å². The van der Waals surface area contributed by atoms with Gasteiger partial charge in [0.05, 0.1) is 6.04 Å². The lowest BCUT2D eigenvalue weighted by atomic mass is 10.1. The summed E-state index contributed by atoms with van der Waals surface area (Å²) in [6.45, 7) is 2.86. The van der Waals surface area contributed by atoms with Crippen molar-refractivity contribution < 1.29 is 4.79 Å². The number of carbonyl (C=O) groups excluding carboxylic acids is 1. The van der Waals surface area contributed by atoms with Gasteiger partial charge < -0.3 is 16.0 Å². The summed E-state index contributed by atoms with van der Waals surface area (Å²) in [6.07, 6.45) is 0.705. The Morgan fingerprint density at radius 3 is 2.76 bits per heavy atom. The van der Waals surface area contributed by atoms with Gasteiger partial charge in [-0.05, 0) is 38.1 Å². The molecule has 4 heteroatoms. The van der Waals surface area contributed by atoms with Gasteiger partial charge >= 0.3 is 0 Å². The number of anilines is 1. The second kappa shape index (κ2) is 6.25. The van der Waals surface area contributed by atoms with Crippen LogP contribution in [0, 0.1) is 6.92 Å². The zero-order valence-electron chi connectivity index (χ0n) is 10.7. The van der Waals surface area contributed by atoms with E-state index in [1.165, 1.54) is 5.56 Å². The van der Waals surface area contributed by atoms with Crippen molar-refractivity contribution in [2.45, 2.75) is 19.4 Å². The molecular formula is C13H21N3O. The number of rotatable bonds is 6. The van der Waals surface area contributed by atoms with Crippen molar-refractivity contribution >= 4 is 11.6 Å². The Morgan fingerprint density at radius 2 is 2.24 bits per heavy atom. The van der Waals surface area contributed by atoms with E-state index in [1.807, 2.05) is 13.1 Å². The van der Waals surface area contributed by atoms with E-state index >= 15 is 0 Å². The number of hydrogen-bond acceptors (Lipinski definition) is 3. The second-order valence-electron chi connectivity index (χ2n) is 4.29. The van der Waals surface area contributed by atoms with E-state index in [2.05, 4.69) is 35.3 Å². The van der Waals surface area contributed by atoms with Crippen LogP contribution in [0.4, 0.5) is 5.69 Å². The van der Waals surface area contributed by atoms with Crippen LogP contribution in [0.3, 0.4) is 0 Å². The highest BCUT2D eigenvalue weighted by atomic mass is 16.1. The van der Waals surface area contributed by atoms with Crippen molar-refractivity contribution in [2.75, 3.05) is 25.5 Å². The van der Waals surface area contributed by atoms with Crippen LogP contribution in [0.5, 0.6) is 0 Å². The van der Waals surface area contributed by atoms with Gasteiger partial charge in [0.15, 0.2) is 0 Å². The van der Waals surface area contributed by atoms with Gasteiger partial charge in [-0.15, -0.1) is 0 Å². The number of nitrogens with two attached hydrogens (primary N) is 1. The number of amides is 1. The lowest BCUT2D eigenvalue weighted by molar-refractivity contribution is -0.119. The fraction of sp³-hybridized carbons (Fsp3) is 0.462. The normalized spacial score (nSPS) is 12.2. The first-order valence-corrected chi connectivity index (χ1v) is 5.79. The molecule has 1 amide bonds. The Kier molecular flexibility index (Phi) is 4.97. The predicted molar refractivity (Wildman–Crippen MR) is 71.1 cm³/mol. The summed E-state index contributed by atoms with van der Waals surface area (Å²) in [7, 11) is 3.77. The molecule has 0 fully saturated rings. The van der Waals surface area contributed by atoms with Gasteiger partial charge in [0.25, 0.3) is 0 Å². The van der Waals surface area contributed by atoms with Crippen molar-refractivity contribution in [3.8, 4) is 0 Å². The van der Waals surface area contributed by atoms with Crippen molar-refractivity contribution in [3.63, 3.8) is 0 Å². The first kappa shape index (κ1) is 13.5. The lowest BCUT2D eigenvalue weighted by Crippen LogP contribution is -2.41. The highest BCUT2D eigenvalue weighted by Crippen LogP contribution is 2.14. The molecule has 1 aromatic rings. The molecule has 0 bridgehead atoms. The van der Waals surface area contributed by atoms with E-state index in [4.69, 9.17) is 5.73 Å². The van der Waals surface area contributed by atoms with Crippen LogP contribution in [-0.2, 0) is 4.79 Å². The molecule has 0 saturated heterocycles. The number of benzene rings is 1. The molecule has 4 nitrogen and oxygen atoms in total. The second-order valence-corrected chi connectivity index (χ2v) is 4.29. The minimum Gasteiger partial charge on any atom is -0.375 e. The van der Waals surface area contributed by atoms with Gasteiger partial charge in [-0.3, -0.25) is 4.79 Å². The standard InChI is InChI=1S/C13H21N3O/c1-10-5-4-6-11(9-10)16(3)8-7-12(15-2)13(14)17/h4-6,9,12,15H,7-8H2,1-3H3,(H2,14,17). The zero-order chi connectivity index (χ0) is 12.8. The number of likely N-dealkylation sites (N-methyl/N-ethyl adjacent to an activating group) is 1. The SMILES string of the molecule is CNC(CCN(C)c1cccc(C)c1)C(N)=O. The van der Waals surface area contributed by atoms with Crippen LogP contribution >= 0.6 is 0 Å². The van der Waals surface area contributed by atoms with Gasteiger partial charge in [0.1, 0.15) is 0 Å². The third-order valence-electron chi connectivity index (χ3n) is 2.89. The van der Waals surface area contributed by atoms with Crippen LogP contribution in [0.2, 0.25) is 0 Å². The van der Waals surface area contributed by atoms with Crippen LogP contribution < -0.4 is 16.0 Å². The first-order chi connectivity index (χ1) is 8.04. The maximum absolute atomic E-state index is 11.1. The van der Waals surface area contributed by atoms with E-state index in [0.29, 0.717) is 6.42 Å². The Morgan fingerprint density at radius 1 is 1.53 bits per heavy atom. The van der Waals surface area contributed by atoms with Gasteiger partial charge in [-0.2, -0.15) is 0 Å². The number of hydrogen-bond donors (Lipinski definition) is 2. The van der Waals surface area contributed by atoms with Crippen LogP contribution in [0.15, 0.2) is 24.3 Å². The average molecular weight is 235 g/mol. The smallest absolute Gasteiger partial charge is 0.234 e. The molecule has 0 aliphatic rings. The quantitative estimate of drug-likeness (QED) is 0.770. The van der Waals surface area contributed by atoms with Crippen LogP contribution in [0.25, 0.3) is 0 Å². The fourth-order valence-corrected chi connectivity index (χ4v) is 1.75. The lowest BCUT2D eigenvalue weighted by Gasteiger charge is -2.22. The monoisotopic (exact) mass is 235 g/mol. The first-order valence-electron chi connectivity index (χ1n) is 5.79. The Bertz CT molecular complexity index is 379. The zero-order valence-corrected chi connectivity index (χ0v) is 10.7. The molecular weight excluding hydrogens is 214 g/mol. The largest absolute Gasteiger partial charge is 0.375 e. The molecule has 17 heavy (non-hydrogen) atoms. The molecule has 1 atom stereocenters. The maximum atomic E-state index is 11.1. The minimum absolute atomic E-state index is 0.262. The van der Waals surface area contributed by atoms with E-state index in [1.54, 1.807) is 7.05 Å². The molecule has 0 saturated carbocycles. The van der Waals surface area contributed by atoms with Gasteiger partial charge in [0.2, 0.25) is 5.91 Å². The number of nitrogens with zero attached hydrogens (tertiary/aromatic N) is 1. The van der Waals surface area contributed by atoms with Gasteiger partial charge in [0, 0.05) is 19.3 Å². The Hall–Kier alpha value is -1.55. The topological polar surface area (TPSA) is 58.4 Å². The molecule has 1 aromatic carbocycles. The number of carbonyl (C=O) groups is 1. The molecule has 0 spiro atoms. The summed E-state index contributed by atoms with van der Waals surface area (Å²) in [6, 6.07) is 8.02. The highest BCUT2D eigenvalue weighted by molar-refractivity contribution is 5.79. The van der Waals surface area contributed by atoms with Crippen molar-refractivity contribution in [1.82, 2.24) is 5.32 Å². The molecule has 94 valence electrons. The van der Waals surface area contributed by atoms with E-state index in [0.717, 1.165) is 12.2 Å². The molecule has 0 aliphatic heterocycles. The summed E-state index contributed by atoms with van der Waals surface area (Å²) in [5.41, 5.74) is 7.66. The number of primary amides is 1. The maximum Gasteiger partial charge on any atom is 0.234 e. The Balaban J connectivity index is 2.55. The Labute approximate surface area is 103 Å². The predicted octanol–water partition coefficient (Wildman–Crippen LogP) is 0.895. The van der Waals surface area contributed by atoms with Crippen molar-refractivity contribution in [1.29, 1.82) is 0 Å². The third-order valence-corrected chi connectivity index (χ3v) is 2.89. The molecule has 0 aliphatic carbocycles. The number of aryl methyl sites for hydroxylation is 1. The fourth-order valence-electron chi connectivity index (χ4n) is 1.75. The summed E-state index contributed by atoms with van der Waals surface area (Å²) < 4.78 is 0. The summed E-state index contributed by atoms with van der Waals surface area (Å²) >= 11 is 0. The average Bonchev–Trinajstić information content (AvgIpc) is 2.29. The number of nitrogens with one attached hydrogen (secondary N) is 1. The summed E-state index contributed by atoms with van der Waals surface area (Å²) in [5, 5.41) is 2.92. The molecule has 0 radical (unpaired) electrons. The highest BCUT2D eigenvalue weighted by Gasteiger charge is 2.13. The molecule has 3 N–H and O–H groups in total. The molecule has 0 heterocycles. The van der Waals surface area contributed by atoms with Crippen LogP contribution in [-0.4, -0.2) is 32.6 Å². The van der Waals surface area contributed by atoms with E-state index < -0.39 is 0 Å². The van der Waals surface area contributed by atoms with Crippen molar-refractivity contribution in [2.24, 2.45) is 5.73 Å². The van der Waals surface area contributed by atoms with Crippen LogP contribution in [0.1, 0.15) is 12.0 Å². The van der Waals surface area contributed by atoms with Gasteiger partial charge in [-0.25, -0.2) is 0 Å². The third kappa shape index (κ3) is 4.07. The van der Waals surface area contributed by atoms with E-state index in [-0.39, 0.29) is 11.9 Å². The molecule has 1 unspecified atom stereocenters. The minimum atomic E-state index is -0.301. The molecule has 0 aromatic heterocycles. The summed E-state index contributed by atoms with van der Waals surface area (Å²) in [5.74, 6) is -0.301.